The van der Waals surface area contributed by atoms with Crippen LogP contribution >= 0.6 is 11.3 Å². The molecule has 33 heavy (non-hydrogen) atoms. The fourth-order valence-electron chi connectivity index (χ4n) is 3.50. The monoisotopic (exact) mass is 485 g/mol. The maximum absolute atomic E-state index is 14.2. The molecule has 2 aromatic rings. The van der Waals surface area contributed by atoms with E-state index in [1.165, 1.54) is 18.0 Å². The van der Waals surface area contributed by atoms with Gasteiger partial charge in [0.05, 0.1) is 17.8 Å². The van der Waals surface area contributed by atoms with Crippen LogP contribution in [0.1, 0.15) is 23.3 Å². The summed E-state index contributed by atoms with van der Waals surface area (Å²) in [7, 11) is 1.37. The zero-order valence-corrected chi connectivity index (χ0v) is 18.4. The Morgan fingerprint density at radius 1 is 1.36 bits per heavy atom. The lowest BCUT2D eigenvalue weighted by molar-refractivity contribution is -0.0203. The molecule has 0 saturated carbocycles. The van der Waals surface area contributed by atoms with Crippen molar-refractivity contribution in [2.75, 3.05) is 25.9 Å². The molecule has 1 aromatic carbocycles. The minimum absolute atomic E-state index is 0.0220. The van der Waals surface area contributed by atoms with Crippen molar-refractivity contribution in [3.05, 3.63) is 47.4 Å². The number of benzene rings is 1. The first-order valence-electron chi connectivity index (χ1n) is 9.85. The summed E-state index contributed by atoms with van der Waals surface area (Å²) in [5.74, 6) is -5.61. The van der Waals surface area contributed by atoms with Crippen LogP contribution in [0.4, 0.5) is 22.6 Å². The van der Waals surface area contributed by atoms with Gasteiger partial charge >= 0.3 is 0 Å². The van der Waals surface area contributed by atoms with Crippen molar-refractivity contribution in [1.29, 1.82) is 0 Å². The van der Waals surface area contributed by atoms with Crippen LogP contribution < -0.4 is 22.5 Å². The number of carbonyl (C=O) groups excluding carboxylic acids is 1. The number of amides is 1. The highest BCUT2D eigenvalue weighted by Crippen LogP contribution is 2.33. The Bertz CT molecular complexity index is 1080. The Hall–Kier alpha value is -3.19. The van der Waals surface area contributed by atoms with Crippen molar-refractivity contribution in [2.45, 2.75) is 24.8 Å². The van der Waals surface area contributed by atoms with Crippen LogP contribution in [0.15, 0.2) is 35.1 Å². The number of amidine groups is 1. The summed E-state index contributed by atoms with van der Waals surface area (Å²) in [5.41, 5.74) is 16.5. The van der Waals surface area contributed by atoms with E-state index in [2.05, 4.69) is 15.3 Å². The second kappa shape index (κ2) is 9.75. The van der Waals surface area contributed by atoms with Crippen molar-refractivity contribution in [2.24, 2.45) is 16.5 Å². The Balaban J connectivity index is 1.85. The van der Waals surface area contributed by atoms with E-state index >= 15 is 0 Å². The van der Waals surface area contributed by atoms with Crippen LogP contribution in [0.5, 0.6) is 0 Å². The molecule has 0 radical (unpaired) electrons. The molecule has 3 rings (SSSR count). The SMILES string of the molecule is CN=C(C(=CN)NC(=O)c1nc(-c2c(F)cccc2F)sc1N)N1CCC(N)CC(F)(F)C1. The molecule has 13 heteroatoms. The first-order chi connectivity index (χ1) is 15.6. The average Bonchev–Trinajstić information content (AvgIpc) is 3.05. The number of rotatable bonds is 4. The molecule has 1 unspecified atom stereocenters. The minimum Gasteiger partial charge on any atom is -0.403 e. The molecule has 0 aliphatic carbocycles. The lowest BCUT2D eigenvalue weighted by Gasteiger charge is -2.28. The molecule has 1 aromatic heterocycles. The molecule has 1 fully saturated rings. The van der Waals surface area contributed by atoms with Gasteiger partial charge in [0.15, 0.2) is 5.69 Å². The number of hydrogen-bond acceptors (Lipinski definition) is 7. The number of nitrogens with one attached hydrogen (secondary N) is 1. The lowest BCUT2D eigenvalue weighted by Crippen LogP contribution is -2.44. The zero-order valence-electron chi connectivity index (χ0n) is 17.6. The standard InChI is InChI=1S/C20H23F4N7OS/c1-28-17(31-6-5-10(26)7-20(23,24)9-31)13(8-25)29-18(32)15-16(27)33-19(30-15)14-11(21)3-2-4-12(14)22/h2-4,8,10H,5-7,9,25-27H2,1H3,(H,29,32). The summed E-state index contributed by atoms with van der Waals surface area (Å²) in [6, 6.07) is 2.62. The van der Waals surface area contributed by atoms with Gasteiger partial charge in [-0.1, -0.05) is 17.4 Å². The van der Waals surface area contributed by atoms with Crippen LogP contribution in [0, 0.1) is 11.6 Å². The van der Waals surface area contributed by atoms with E-state index in [0.717, 1.165) is 29.7 Å². The van der Waals surface area contributed by atoms with Gasteiger partial charge in [-0.05, 0) is 18.6 Å². The van der Waals surface area contributed by atoms with Gasteiger partial charge in [0, 0.05) is 32.3 Å². The number of anilines is 1. The number of likely N-dealkylation sites (tertiary alicyclic amines) is 1. The number of carbonyl (C=O) groups is 1. The van der Waals surface area contributed by atoms with Gasteiger partial charge in [-0.25, -0.2) is 22.5 Å². The van der Waals surface area contributed by atoms with Crippen molar-refractivity contribution >= 4 is 28.1 Å². The second-order valence-corrected chi connectivity index (χ2v) is 8.47. The first-order valence-corrected chi connectivity index (χ1v) is 10.7. The number of alkyl halides is 2. The van der Waals surface area contributed by atoms with Gasteiger partial charge in [-0.2, -0.15) is 0 Å². The molecule has 1 atom stereocenters. The van der Waals surface area contributed by atoms with E-state index in [9.17, 15) is 22.4 Å². The van der Waals surface area contributed by atoms with E-state index in [-0.39, 0.29) is 40.2 Å². The van der Waals surface area contributed by atoms with Crippen molar-refractivity contribution in [1.82, 2.24) is 15.2 Å². The third kappa shape index (κ3) is 5.42. The third-order valence-electron chi connectivity index (χ3n) is 4.97. The highest BCUT2D eigenvalue weighted by atomic mass is 32.1. The van der Waals surface area contributed by atoms with Crippen LogP contribution in [0.2, 0.25) is 0 Å². The van der Waals surface area contributed by atoms with Gasteiger partial charge in [0.1, 0.15) is 27.5 Å². The molecule has 7 N–H and O–H groups in total. The lowest BCUT2D eigenvalue weighted by atomic mass is 10.1. The van der Waals surface area contributed by atoms with Crippen LogP contribution in [-0.4, -0.2) is 53.7 Å². The smallest absolute Gasteiger partial charge is 0.277 e. The predicted octanol–water partition coefficient (Wildman–Crippen LogP) is 2.29. The number of nitrogens with zero attached hydrogens (tertiary/aromatic N) is 3. The van der Waals surface area contributed by atoms with Gasteiger partial charge in [-0.3, -0.25) is 9.79 Å². The van der Waals surface area contributed by atoms with Crippen molar-refractivity contribution in [3.63, 3.8) is 0 Å². The zero-order chi connectivity index (χ0) is 24.3. The van der Waals surface area contributed by atoms with Crippen LogP contribution in [-0.2, 0) is 0 Å². The largest absolute Gasteiger partial charge is 0.403 e. The predicted molar refractivity (Wildman–Crippen MR) is 119 cm³/mol. The first kappa shape index (κ1) is 24.5. The summed E-state index contributed by atoms with van der Waals surface area (Å²) < 4.78 is 56.7. The second-order valence-electron chi connectivity index (χ2n) is 7.44. The molecule has 2 heterocycles. The third-order valence-corrected chi connectivity index (χ3v) is 5.87. The summed E-state index contributed by atoms with van der Waals surface area (Å²) in [6.45, 7) is -0.484. The van der Waals surface area contributed by atoms with E-state index < -0.39 is 48.0 Å². The number of thiazole rings is 1. The summed E-state index contributed by atoms with van der Waals surface area (Å²) in [5, 5.41) is 2.23. The van der Waals surface area contributed by atoms with Crippen molar-refractivity contribution in [3.8, 4) is 10.6 Å². The summed E-state index contributed by atoms with van der Waals surface area (Å²) >= 11 is 0.725. The van der Waals surface area contributed by atoms with Crippen molar-refractivity contribution < 1.29 is 22.4 Å². The quantitative estimate of drug-likeness (QED) is 0.298. The van der Waals surface area contributed by atoms with E-state index in [1.54, 1.807) is 0 Å². The number of hydrogen-bond donors (Lipinski definition) is 4. The minimum atomic E-state index is -3.06. The van der Waals surface area contributed by atoms with Gasteiger partial charge < -0.3 is 27.4 Å². The molecule has 1 amide bonds. The number of aliphatic imine (C=N–C) groups is 1. The maximum Gasteiger partial charge on any atom is 0.277 e. The molecular formula is C20H23F4N7OS. The van der Waals surface area contributed by atoms with Gasteiger partial charge in [-0.15, -0.1) is 0 Å². The van der Waals surface area contributed by atoms with E-state index in [1.807, 2.05) is 0 Å². The Labute approximate surface area is 191 Å². The Kier molecular flexibility index (Phi) is 7.22. The van der Waals surface area contributed by atoms with E-state index in [4.69, 9.17) is 17.2 Å². The maximum atomic E-state index is 14.2. The number of nitrogen functional groups attached to an aromatic ring is 1. The molecule has 1 saturated heterocycles. The normalized spacial score (nSPS) is 19.3. The average molecular weight is 486 g/mol. The molecule has 0 spiro atoms. The Morgan fingerprint density at radius 2 is 2.03 bits per heavy atom. The van der Waals surface area contributed by atoms with Gasteiger partial charge in [0.25, 0.3) is 11.8 Å². The van der Waals surface area contributed by atoms with Crippen LogP contribution in [0.25, 0.3) is 10.6 Å². The van der Waals surface area contributed by atoms with E-state index in [0.29, 0.717) is 0 Å². The van der Waals surface area contributed by atoms with Crippen LogP contribution in [0.3, 0.4) is 0 Å². The Morgan fingerprint density at radius 3 is 2.64 bits per heavy atom. The fourth-order valence-corrected chi connectivity index (χ4v) is 4.38. The highest BCUT2D eigenvalue weighted by Gasteiger charge is 2.38. The molecule has 0 bridgehead atoms. The summed E-state index contributed by atoms with van der Waals surface area (Å²) in [6.07, 6.45) is 0.819. The summed E-state index contributed by atoms with van der Waals surface area (Å²) in [4.78, 5) is 22.1. The molecule has 8 nitrogen and oxygen atoms in total. The number of aromatic nitrogens is 1. The fraction of sp³-hybridized carbons (Fsp3) is 0.350. The molecule has 178 valence electrons. The number of nitrogens with two attached hydrogens (primary N) is 3. The van der Waals surface area contributed by atoms with Gasteiger partial charge in [0.2, 0.25) is 0 Å². The topological polar surface area (TPSA) is 136 Å². The molecule has 1 aliphatic heterocycles. The molecular weight excluding hydrogens is 462 g/mol. The number of halogens is 4. The molecule has 1 aliphatic rings. The highest BCUT2D eigenvalue weighted by molar-refractivity contribution is 7.19.